The minimum atomic E-state index is -0.225. The molecule has 2 heteroatoms. The first-order valence-electron chi connectivity index (χ1n) is 6.23. The zero-order valence-corrected chi connectivity index (χ0v) is 11.3. The summed E-state index contributed by atoms with van der Waals surface area (Å²) in [6.45, 7) is 8.68. The van der Waals surface area contributed by atoms with Crippen LogP contribution in [0.15, 0.2) is 24.3 Å². The second kappa shape index (κ2) is 5.35. The van der Waals surface area contributed by atoms with E-state index in [4.69, 9.17) is 5.73 Å². The zero-order chi connectivity index (χ0) is 13.1. The number of hydrogen-bond acceptors (Lipinski definition) is 1. The summed E-state index contributed by atoms with van der Waals surface area (Å²) in [7, 11) is 0. The quantitative estimate of drug-likeness (QED) is 0.851. The first-order valence-corrected chi connectivity index (χ1v) is 6.23. The van der Waals surface area contributed by atoms with E-state index < -0.39 is 0 Å². The van der Waals surface area contributed by atoms with Crippen LogP contribution < -0.4 is 5.73 Å². The van der Waals surface area contributed by atoms with Crippen molar-refractivity contribution in [2.75, 3.05) is 0 Å². The Balaban J connectivity index is 2.89. The summed E-state index contributed by atoms with van der Waals surface area (Å²) in [6.07, 6.45) is 1.38. The number of carbonyl (C=O) groups is 1. The second-order valence-electron chi connectivity index (χ2n) is 5.65. The van der Waals surface area contributed by atoms with Gasteiger partial charge in [-0.25, -0.2) is 0 Å². The van der Waals surface area contributed by atoms with Crippen molar-refractivity contribution in [3.8, 4) is 0 Å². The maximum absolute atomic E-state index is 11.0. The Morgan fingerprint density at radius 2 is 1.76 bits per heavy atom. The van der Waals surface area contributed by atoms with Gasteiger partial charge in [-0.3, -0.25) is 4.79 Å². The van der Waals surface area contributed by atoms with Crippen molar-refractivity contribution >= 4 is 5.91 Å². The molecule has 0 saturated heterocycles. The van der Waals surface area contributed by atoms with Crippen LogP contribution in [0, 0.1) is 0 Å². The smallest absolute Gasteiger partial charge is 0.218 e. The third-order valence-electron chi connectivity index (χ3n) is 3.19. The molecule has 1 atom stereocenters. The summed E-state index contributed by atoms with van der Waals surface area (Å²) in [6, 6.07) is 8.55. The molecule has 17 heavy (non-hydrogen) atoms. The molecular weight excluding hydrogens is 210 g/mol. The number of primary amides is 1. The van der Waals surface area contributed by atoms with E-state index in [1.807, 2.05) is 0 Å². The van der Waals surface area contributed by atoms with Crippen molar-refractivity contribution in [2.24, 2.45) is 5.73 Å². The van der Waals surface area contributed by atoms with Crippen molar-refractivity contribution in [2.45, 2.75) is 51.9 Å². The van der Waals surface area contributed by atoms with Crippen LogP contribution in [-0.2, 0) is 10.2 Å². The van der Waals surface area contributed by atoms with Gasteiger partial charge in [0.05, 0.1) is 0 Å². The van der Waals surface area contributed by atoms with Crippen LogP contribution >= 0.6 is 0 Å². The van der Waals surface area contributed by atoms with Gasteiger partial charge in [-0.1, -0.05) is 52.0 Å². The van der Waals surface area contributed by atoms with Gasteiger partial charge in [-0.05, 0) is 28.9 Å². The van der Waals surface area contributed by atoms with Crippen LogP contribution in [0.25, 0.3) is 0 Å². The molecule has 2 N–H and O–H groups in total. The van der Waals surface area contributed by atoms with E-state index in [2.05, 4.69) is 52.0 Å². The number of amides is 1. The van der Waals surface area contributed by atoms with Gasteiger partial charge in [0.15, 0.2) is 0 Å². The van der Waals surface area contributed by atoms with Crippen LogP contribution in [0.5, 0.6) is 0 Å². The predicted octanol–water partition coefficient (Wildman–Crippen LogP) is 3.35. The largest absolute Gasteiger partial charge is 0.370 e. The molecule has 1 aromatic carbocycles. The third kappa shape index (κ3) is 3.88. The van der Waals surface area contributed by atoms with Gasteiger partial charge < -0.3 is 5.73 Å². The lowest BCUT2D eigenvalue weighted by molar-refractivity contribution is -0.118. The predicted molar refractivity (Wildman–Crippen MR) is 72.0 cm³/mol. The van der Waals surface area contributed by atoms with Crippen molar-refractivity contribution in [3.63, 3.8) is 0 Å². The number of carbonyl (C=O) groups excluding carboxylic acids is 1. The molecule has 1 aromatic rings. The molecule has 0 aliphatic carbocycles. The van der Waals surface area contributed by atoms with Crippen molar-refractivity contribution in [1.29, 1.82) is 0 Å². The highest BCUT2D eigenvalue weighted by atomic mass is 16.1. The average molecular weight is 233 g/mol. The topological polar surface area (TPSA) is 43.1 Å². The highest BCUT2D eigenvalue weighted by molar-refractivity contribution is 5.74. The molecule has 1 amide bonds. The zero-order valence-electron chi connectivity index (χ0n) is 11.3. The van der Waals surface area contributed by atoms with E-state index >= 15 is 0 Å². The molecular formula is C15H23NO. The van der Waals surface area contributed by atoms with Crippen LogP contribution in [0.1, 0.15) is 57.6 Å². The van der Waals surface area contributed by atoms with Crippen molar-refractivity contribution in [1.82, 2.24) is 0 Å². The van der Waals surface area contributed by atoms with Gasteiger partial charge in [0.2, 0.25) is 5.91 Å². The third-order valence-corrected chi connectivity index (χ3v) is 3.19. The number of rotatable bonds is 4. The van der Waals surface area contributed by atoms with Crippen molar-refractivity contribution < 1.29 is 4.79 Å². The summed E-state index contributed by atoms with van der Waals surface area (Å²) >= 11 is 0. The Hall–Kier alpha value is -1.31. The van der Waals surface area contributed by atoms with E-state index in [-0.39, 0.29) is 17.2 Å². The molecule has 1 rings (SSSR count). The molecule has 0 fully saturated rings. The molecule has 0 saturated carbocycles. The Kier molecular flexibility index (Phi) is 4.33. The van der Waals surface area contributed by atoms with Gasteiger partial charge in [-0.15, -0.1) is 0 Å². The summed E-state index contributed by atoms with van der Waals surface area (Å²) in [4.78, 5) is 11.0. The Bertz CT molecular complexity index is 373. The minimum absolute atomic E-state index is 0.171. The average Bonchev–Trinajstić information content (AvgIpc) is 2.24. The number of benzene rings is 1. The second-order valence-corrected chi connectivity index (χ2v) is 5.65. The Labute approximate surface area is 104 Å². The first-order chi connectivity index (χ1) is 7.84. The lowest BCUT2D eigenvalue weighted by atomic mass is 9.84. The molecule has 1 unspecified atom stereocenters. The maximum Gasteiger partial charge on any atom is 0.218 e. The van der Waals surface area contributed by atoms with E-state index in [9.17, 15) is 4.79 Å². The summed E-state index contributed by atoms with van der Waals surface area (Å²) < 4.78 is 0. The van der Waals surface area contributed by atoms with Crippen LogP contribution in [0.4, 0.5) is 0 Å². The molecule has 0 spiro atoms. The fourth-order valence-corrected chi connectivity index (χ4v) is 2.00. The lowest BCUT2D eigenvalue weighted by Crippen LogP contribution is -2.15. The molecule has 0 aromatic heterocycles. The molecule has 0 aliphatic heterocycles. The minimum Gasteiger partial charge on any atom is -0.370 e. The monoisotopic (exact) mass is 233 g/mol. The highest BCUT2D eigenvalue weighted by Crippen LogP contribution is 2.27. The maximum atomic E-state index is 11.0. The van der Waals surface area contributed by atoms with Gasteiger partial charge in [0.1, 0.15) is 0 Å². The number of hydrogen-bond donors (Lipinski definition) is 1. The fourth-order valence-electron chi connectivity index (χ4n) is 2.00. The van der Waals surface area contributed by atoms with Crippen LogP contribution in [0.2, 0.25) is 0 Å². The Morgan fingerprint density at radius 1 is 1.24 bits per heavy atom. The fraction of sp³-hybridized carbons (Fsp3) is 0.533. The summed E-state index contributed by atoms with van der Waals surface area (Å²) in [5.41, 5.74) is 7.96. The summed E-state index contributed by atoms with van der Waals surface area (Å²) in [5, 5.41) is 0. The molecule has 0 radical (unpaired) electrons. The van der Waals surface area contributed by atoms with Crippen LogP contribution in [-0.4, -0.2) is 5.91 Å². The SMILES string of the molecule is CCC(CC(N)=O)c1ccc(C(C)(C)C)cc1. The molecule has 2 nitrogen and oxygen atoms in total. The first kappa shape index (κ1) is 13.8. The van der Waals surface area contributed by atoms with E-state index in [0.29, 0.717) is 6.42 Å². The van der Waals surface area contributed by atoms with Gasteiger partial charge in [-0.2, -0.15) is 0 Å². The van der Waals surface area contributed by atoms with Crippen molar-refractivity contribution in [3.05, 3.63) is 35.4 Å². The standard InChI is InChI=1S/C15H23NO/c1-5-11(10-14(16)17)12-6-8-13(9-7-12)15(2,3)4/h6-9,11H,5,10H2,1-4H3,(H2,16,17). The van der Waals surface area contributed by atoms with Crippen LogP contribution in [0.3, 0.4) is 0 Å². The normalized spacial score (nSPS) is 13.4. The van der Waals surface area contributed by atoms with E-state index in [1.165, 1.54) is 11.1 Å². The van der Waals surface area contributed by atoms with Gasteiger partial charge >= 0.3 is 0 Å². The Morgan fingerprint density at radius 3 is 2.12 bits per heavy atom. The highest BCUT2D eigenvalue weighted by Gasteiger charge is 2.16. The van der Waals surface area contributed by atoms with Gasteiger partial charge in [0, 0.05) is 6.42 Å². The van der Waals surface area contributed by atoms with E-state index in [0.717, 1.165) is 6.42 Å². The number of nitrogens with two attached hydrogens (primary N) is 1. The summed E-state index contributed by atoms with van der Waals surface area (Å²) in [5.74, 6) is 0.0262. The lowest BCUT2D eigenvalue weighted by Gasteiger charge is -2.20. The molecule has 0 bridgehead atoms. The van der Waals surface area contributed by atoms with Gasteiger partial charge in [0.25, 0.3) is 0 Å². The molecule has 94 valence electrons. The molecule has 0 heterocycles. The van der Waals surface area contributed by atoms with E-state index in [1.54, 1.807) is 0 Å². The molecule has 0 aliphatic rings.